The summed E-state index contributed by atoms with van der Waals surface area (Å²) in [5.74, 6) is -2.10. The third-order valence-corrected chi connectivity index (χ3v) is 3.17. The van der Waals surface area contributed by atoms with E-state index < -0.39 is 11.9 Å². The molecule has 0 saturated heterocycles. The molecule has 2 N–H and O–H groups in total. The lowest BCUT2D eigenvalue weighted by Crippen LogP contribution is -2.18. The van der Waals surface area contributed by atoms with E-state index in [1.807, 2.05) is 0 Å². The highest BCUT2D eigenvalue weighted by Crippen LogP contribution is 2.16. The van der Waals surface area contributed by atoms with Gasteiger partial charge < -0.3 is 10.4 Å². The van der Waals surface area contributed by atoms with Crippen LogP contribution in [-0.2, 0) is 4.79 Å². The van der Waals surface area contributed by atoms with Crippen LogP contribution >= 0.6 is 11.6 Å². The van der Waals surface area contributed by atoms with Gasteiger partial charge in [-0.2, -0.15) is 0 Å². The second-order valence-corrected chi connectivity index (χ2v) is 4.94. The Labute approximate surface area is 131 Å². The normalized spacial score (nSPS) is 10.0. The molecule has 0 aromatic heterocycles. The summed E-state index contributed by atoms with van der Waals surface area (Å²) in [6.07, 6.45) is -0.379. The smallest absolute Gasteiger partial charge is 0.337 e. The van der Waals surface area contributed by atoms with Crippen molar-refractivity contribution in [1.29, 1.82) is 0 Å². The second-order valence-electron chi connectivity index (χ2n) is 4.51. The van der Waals surface area contributed by atoms with Crippen molar-refractivity contribution in [2.75, 3.05) is 5.32 Å². The van der Waals surface area contributed by atoms with Gasteiger partial charge in [0.2, 0.25) is 5.91 Å². The van der Waals surface area contributed by atoms with E-state index in [0.29, 0.717) is 10.6 Å². The number of Topliss-reactive ketones (excluding diaryl/α,β-unsaturated/α-hetero) is 1. The molecular formula is C16H12ClNO4. The maximum atomic E-state index is 12.0. The molecule has 0 aliphatic rings. The summed E-state index contributed by atoms with van der Waals surface area (Å²) in [6.45, 7) is 0. The largest absolute Gasteiger partial charge is 0.478 e. The Hall–Kier alpha value is -2.66. The highest BCUT2D eigenvalue weighted by Gasteiger charge is 2.15. The summed E-state index contributed by atoms with van der Waals surface area (Å²) in [6, 6.07) is 12.2. The molecule has 0 saturated carbocycles. The fourth-order valence-electron chi connectivity index (χ4n) is 1.86. The molecule has 2 aromatic rings. The number of aromatic carboxylic acids is 1. The molecule has 0 aliphatic heterocycles. The maximum absolute atomic E-state index is 12.0. The van der Waals surface area contributed by atoms with Gasteiger partial charge in [0.15, 0.2) is 5.78 Å². The molecule has 2 aromatic carbocycles. The van der Waals surface area contributed by atoms with Crippen LogP contribution in [0.15, 0.2) is 48.5 Å². The number of benzene rings is 2. The van der Waals surface area contributed by atoms with Gasteiger partial charge in [0, 0.05) is 10.6 Å². The highest BCUT2D eigenvalue weighted by atomic mass is 35.5. The van der Waals surface area contributed by atoms with Gasteiger partial charge in [-0.1, -0.05) is 23.7 Å². The lowest BCUT2D eigenvalue weighted by molar-refractivity contribution is -0.115. The molecule has 6 heteroatoms. The molecule has 0 bridgehead atoms. The van der Waals surface area contributed by atoms with E-state index in [0.717, 1.165) is 0 Å². The van der Waals surface area contributed by atoms with Gasteiger partial charge in [0.05, 0.1) is 17.7 Å². The molecule has 0 heterocycles. The van der Waals surface area contributed by atoms with E-state index >= 15 is 0 Å². The van der Waals surface area contributed by atoms with E-state index in [9.17, 15) is 14.4 Å². The van der Waals surface area contributed by atoms with Crippen molar-refractivity contribution in [3.8, 4) is 0 Å². The lowest BCUT2D eigenvalue weighted by atomic mass is 10.1. The minimum absolute atomic E-state index is 0.0326. The number of halogens is 1. The molecule has 2 rings (SSSR count). The third-order valence-electron chi connectivity index (χ3n) is 2.92. The number of carboxylic acid groups (broad SMARTS) is 1. The van der Waals surface area contributed by atoms with E-state index in [2.05, 4.69) is 5.32 Å². The number of carboxylic acids is 1. The van der Waals surface area contributed by atoms with Crippen LogP contribution < -0.4 is 5.32 Å². The van der Waals surface area contributed by atoms with Crippen LogP contribution in [0.5, 0.6) is 0 Å². The molecule has 0 aliphatic carbocycles. The predicted octanol–water partition coefficient (Wildman–Crippen LogP) is 3.25. The van der Waals surface area contributed by atoms with Crippen LogP contribution in [0, 0.1) is 0 Å². The maximum Gasteiger partial charge on any atom is 0.337 e. The van der Waals surface area contributed by atoms with Gasteiger partial charge in [-0.3, -0.25) is 9.59 Å². The number of hydrogen-bond donors (Lipinski definition) is 2. The summed E-state index contributed by atoms with van der Waals surface area (Å²) in [5, 5.41) is 12.0. The first-order valence-electron chi connectivity index (χ1n) is 6.38. The molecule has 0 radical (unpaired) electrons. The monoisotopic (exact) mass is 317 g/mol. The SMILES string of the molecule is O=C(CC(=O)c1ccc(Cl)cc1)Nc1ccccc1C(=O)O. The van der Waals surface area contributed by atoms with Crippen LogP contribution in [0.25, 0.3) is 0 Å². The fourth-order valence-corrected chi connectivity index (χ4v) is 1.98. The van der Waals surface area contributed by atoms with Crippen molar-refractivity contribution in [2.45, 2.75) is 6.42 Å². The van der Waals surface area contributed by atoms with Crippen LogP contribution in [-0.4, -0.2) is 22.8 Å². The number of rotatable bonds is 5. The topological polar surface area (TPSA) is 83.5 Å². The van der Waals surface area contributed by atoms with Crippen molar-refractivity contribution in [3.05, 3.63) is 64.7 Å². The first-order valence-corrected chi connectivity index (χ1v) is 6.76. The standard InChI is InChI=1S/C16H12ClNO4/c17-11-7-5-10(6-8-11)14(19)9-15(20)18-13-4-2-1-3-12(13)16(21)22/h1-8H,9H2,(H,18,20)(H,21,22). The summed E-state index contributed by atoms with van der Waals surface area (Å²) in [7, 11) is 0. The Kier molecular flexibility index (Phi) is 4.91. The third kappa shape index (κ3) is 3.93. The van der Waals surface area contributed by atoms with Crippen molar-refractivity contribution in [2.24, 2.45) is 0 Å². The molecule has 5 nitrogen and oxygen atoms in total. The Bertz CT molecular complexity index is 725. The summed E-state index contributed by atoms with van der Waals surface area (Å²) in [4.78, 5) is 34.9. The first kappa shape index (κ1) is 15.7. The number of amides is 1. The van der Waals surface area contributed by atoms with Gasteiger partial charge in [0.1, 0.15) is 0 Å². The van der Waals surface area contributed by atoms with Gasteiger partial charge in [-0.05, 0) is 36.4 Å². The second kappa shape index (κ2) is 6.87. The number of carbonyl (C=O) groups is 3. The quantitative estimate of drug-likeness (QED) is 0.655. The van der Waals surface area contributed by atoms with Crippen molar-refractivity contribution >= 4 is 34.9 Å². The molecule has 1 amide bonds. The first-order chi connectivity index (χ1) is 10.5. The van der Waals surface area contributed by atoms with Crippen LogP contribution in [0.2, 0.25) is 5.02 Å². The molecule has 112 valence electrons. The van der Waals surface area contributed by atoms with Crippen molar-refractivity contribution in [1.82, 2.24) is 0 Å². The van der Waals surface area contributed by atoms with Crippen LogP contribution in [0.3, 0.4) is 0 Å². The van der Waals surface area contributed by atoms with Gasteiger partial charge in [-0.15, -0.1) is 0 Å². The number of carbonyl (C=O) groups excluding carboxylic acids is 2. The van der Waals surface area contributed by atoms with E-state index in [1.165, 1.54) is 24.3 Å². The van der Waals surface area contributed by atoms with Crippen molar-refractivity contribution in [3.63, 3.8) is 0 Å². The number of ketones is 1. The summed E-state index contributed by atoms with van der Waals surface area (Å²) >= 11 is 5.73. The van der Waals surface area contributed by atoms with Gasteiger partial charge >= 0.3 is 5.97 Å². The zero-order chi connectivity index (χ0) is 16.1. The highest BCUT2D eigenvalue weighted by molar-refractivity contribution is 6.30. The fraction of sp³-hybridized carbons (Fsp3) is 0.0625. The molecular weight excluding hydrogens is 306 g/mol. The average Bonchev–Trinajstić information content (AvgIpc) is 2.48. The lowest BCUT2D eigenvalue weighted by Gasteiger charge is -2.08. The molecule has 0 unspecified atom stereocenters. The molecule has 22 heavy (non-hydrogen) atoms. The van der Waals surface area contributed by atoms with Gasteiger partial charge in [-0.25, -0.2) is 4.79 Å². The predicted molar refractivity (Wildman–Crippen MR) is 82.4 cm³/mol. The van der Waals surface area contributed by atoms with Crippen LogP contribution in [0.1, 0.15) is 27.1 Å². The van der Waals surface area contributed by atoms with Crippen LogP contribution in [0.4, 0.5) is 5.69 Å². The zero-order valence-corrected chi connectivity index (χ0v) is 12.1. The number of hydrogen-bond acceptors (Lipinski definition) is 3. The molecule has 0 spiro atoms. The van der Waals surface area contributed by atoms with E-state index in [1.54, 1.807) is 24.3 Å². The Morgan fingerprint density at radius 2 is 1.64 bits per heavy atom. The number of para-hydroxylation sites is 1. The van der Waals surface area contributed by atoms with E-state index in [4.69, 9.17) is 16.7 Å². The molecule has 0 atom stereocenters. The minimum Gasteiger partial charge on any atom is -0.478 e. The summed E-state index contributed by atoms with van der Waals surface area (Å²) < 4.78 is 0. The average molecular weight is 318 g/mol. The number of anilines is 1. The Morgan fingerprint density at radius 1 is 1.00 bits per heavy atom. The van der Waals surface area contributed by atoms with Crippen molar-refractivity contribution < 1.29 is 19.5 Å². The zero-order valence-electron chi connectivity index (χ0n) is 11.4. The van der Waals surface area contributed by atoms with Gasteiger partial charge in [0.25, 0.3) is 0 Å². The number of nitrogens with one attached hydrogen (secondary N) is 1. The Morgan fingerprint density at radius 3 is 2.27 bits per heavy atom. The molecule has 0 fully saturated rings. The minimum atomic E-state index is -1.15. The summed E-state index contributed by atoms with van der Waals surface area (Å²) in [5.41, 5.74) is 0.491. The Balaban J connectivity index is 2.06. The van der Waals surface area contributed by atoms with E-state index in [-0.39, 0.29) is 23.5 Å².